The van der Waals surface area contributed by atoms with Crippen LogP contribution in [-0.4, -0.2) is 162 Å². The summed E-state index contributed by atoms with van der Waals surface area (Å²) in [5, 5.41) is 37.1. The maximum absolute atomic E-state index is 15.1. The van der Waals surface area contributed by atoms with Crippen molar-refractivity contribution in [2.45, 2.75) is 105 Å². The van der Waals surface area contributed by atoms with Crippen molar-refractivity contribution in [1.29, 1.82) is 0 Å². The number of unbranched alkanes of at least 4 members (excludes halogenated alkanes) is 1. The Labute approximate surface area is 533 Å². The number of ketones is 1. The number of nitrogens with zero attached hydrogens (tertiary/aromatic N) is 2. The van der Waals surface area contributed by atoms with E-state index in [0.717, 1.165) is 22.3 Å². The zero-order valence-corrected chi connectivity index (χ0v) is 51.0. The first-order chi connectivity index (χ1) is 44.5. The lowest BCUT2D eigenvalue weighted by Gasteiger charge is -2.21. The van der Waals surface area contributed by atoms with Crippen molar-refractivity contribution in [1.82, 2.24) is 41.7 Å². The van der Waals surface area contributed by atoms with Crippen molar-refractivity contribution in [2.24, 2.45) is 35.3 Å². The van der Waals surface area contributed by atoms with E-state index in [9.17, 15) is 53.4 Å². The van der Waals surface area contributed by atoms with Crippen molar-refractivity contribution in [3.05, 3.63) is 173 Å². The minimum atomic E-state index is -1.33. The molecule has 22 nitrogen and oxygen atoms in total. The molecule has 4 aliphatic carbocycles. The summed E-state index contributed by atoms with van der Waals surface area (Å²) in [5.41, 5.74) is 9.68. The molecule has 8 amide bonds. The molecule has 0 spiro atoms. The van der Waals surface area contributed by atoms with Crippen LogP contribution in [0.2, 0.25) is 0 Å². The molecule has 6 fully saturated rings. The molecule has 0 aromatic heterocycles. The number of benzene rings is 5. The van der Waals surface area contributed by atoms with Crippen LogP contribution in [0.1, 0.15) is 118 Å². The van der Waals surface area contributed by atoms with Crippen molar-refractivity contribution >= 4 is 59.0 Å². The molecule has 22 heteroatoms. The highest BCUT2D eigenvalue weighted by molar-refractivity contribution is 6.02. The lowest BCUT2D eigenvalue weighted by atomic mass is 9.94. The number of aliphatic carboxylic acids is 1. The third kappa shape index (κ3) is 15.7. The van der Waals surface area contributed by atoms with Gasteiger partial charge >= 0.3 is 5.97 Å². The Hall–Kier alpha value is -9.28. The van der Waals surface area contributed by atoms with E-state index in [1.54, 1.807) is 0 Å². The first-order valence-corrected chi connectivity index (χ1v) is 31.9. The van der Waals surface area contributed by atoms with Gasteiger partial charge in [-0.05, 0) is 91.9 Å². The Bertz CT molecular complexity index is 3390. The minimum Gasteiger partial charge on any atom is -0.483 e. The number of Topliss-reactive ketones (excluding diaryl/α,β-unsaturated/α-hetero) is 1. The number of hydrogen-bond donors (Lipinski definition) is 9. The largest absolute Gasteiger partial charge is 0.483 e. The third-order valence-corrected chi connectivity index (χ3v) is 18.9. The van der Waals surface area contributed by atoms with E-state index in [0.29, 0.717) is 45.1 Å². The Morgan fingerprint density at radius 1 is 0.533 bits per heavy atom. The predicted octanol–water partition coefficient (Wildman–Crippen LogP) is 3.51. The third-order valence-electron chi connectivity index (χ3n) is 18.9. The van der Waals surface area contributed by atoms with Gasteiger partial charge < -0.3 is 62.4 Å². The summed E-state index contributed by atoms with van der Waals surface area (Å²) in [6, 6.07) is 41.2. The van der Waals surface area contributed by atoms with Gasteiger partial charge in [0.25, 0.3) is 17.7 Å². The first-order valence-electron chi connectivity index (χ1n) is 31.9. The van der Waals surface area contributed by atoms with Gasteiger partial charge in [0.15, 0.2) is 12.4 Å². The fourth-order valence-corrected chi connectivity index (χ4v) is 13.2. The molecule has 0 radical (unpaired) electrons. The number of carboxylic acid groups (broad SMARTS) is 1. The SMILES string of the molecule is NCCCC[C@H](NC(=O)[C@H](CO)CC(=O)CNC(=O)COc1cc(C(=O)N2C[C@@H](C(=O)N[C@H]3C[C@@H]3c3ccccc3)[C@H](C(=O)N[C@H]3C[C@@H]3c3ccccc3)C2)ccc1C(=O)N1C[C@@H](C(=O)N[C@H]2C[C@@H]2c2ccccc2)[C@H](C(=O)N[C@H]2C[C@@H]2c2ccccc2)C1)C(=O)O. The fourth-order valence-electron chi connectivity index (χ4n) is 13.2. The van der Waals surface area contributed by atoms with Gasteiger partial charge in [0.1, 0.15) is 11.8 Å². The maximum Gasteiger partial charge on any atom is 0.326 e. The van der Waals surface area contributed by atoms with Gasteiger partial charge in [-0.25, -0.2) is 4.79 Å². The molecule has 14 atom stereocenters. The molecule has 0 unspecified atom stereocenters. The summed E-state index contributed by atoms with van der Waals surface area (Å²) in [6.45, 7) is -2.50. The second-order valence-electron chi connectivity index (χ2n) is 25.4. The minimum absolute atomic E-state index is 0.0198. The lowest BCUT2D eigenvalue weighted by molar-refractivity contribution is -0.143. The number of aliphatic hydroxyl groups is 1. The molecule has 10 N–H and O–H groups in total. The van der Waals surface area contributed by atoms with E-state index >= 15 is 4.79 Å². The summed E-state index contributed by atoms with van der Waals surface area (Å²) < 4.78 is 6.11. The van der Waals surface area contributed by atoms with Crippen molar-refractivity contribution in [3.63, 3.8) is 0 Å². The molecule has 2 aliphatic heterocycles. The topological polar surface area (TPSA) is 325 Å². The molecule has 5 aromatic rings. The fraction of sp³-hybridized carbons (Fsp3) is 0.429. The Morgan fingerprint density at radius 2 is 0.935 bits per heavy atom. The number of carboxylic acids is 1. The van der Waals surface area contributed by atoms with Gasteiger partial charge in [-0.3, -0.25) is 43.2 Å². The van der Waals surface area contributed by atoms with Crippen molar-refractivity contribution in [3.8, 4) is 5.75 Å². The zero-order valence-electron chi connectivity index (χ0n) is 51.0. The molecule has 482 valence electrons. The monoisotopic (exact) mass is 1250 g/mol. The average Bonchev–Trinajstić information content (AvgIpc) is 1.64. The molecule has 2 saturated heterocycles. The van der Waals surface area contributed by atoms with Gasteiger partial charge in [-0.2, -0.15) is 0 Å². The van der Waals surface area contributed by atoms with Crippen LogP contribution < -0.4 is 42.4 Å². The molecule has 4 saturated carbocycles. The van der Waals surface area contributed by atoms with Gasteiger partial charge in [-0.15, -0.1) is 0 Å². The van der Waals surface area contributed by atoms with Crippen molar-refractivity contribution in [2.75, 3.05) is 52.5 Å². The Kier molecular flexibility index (Phi) is 20.2. The van der Waals surface area contributed by atoms with Crippen LogP contribution in [0, 0.1) is 29.6 Å². The highest BCUT2D eigenvalue weighted by Crippen LogP contribution is 2.45. The summed E-state index contributed by atoms with van der Waals surface area (Å²) in [6.07, 6.45) is 3.29. The van der Waals surface area contributed by atoms with E-state index in [2.05, 4.69) is 31.9 Å². The molecular formula is C70H79N9O13. The number of rotatable bonds is 29. The van der Waals surface area contributed by atoms with Gasteiger partial charge in [-0.1, -0.05) is 121 Å². The van der Waals surface area contributed by atoms with Gasteiger partial charge in [0, 0.05) is 86.0 Å². The number of likely N-dealkylation sites (tertiary alicyclic amines) is 2. The summed E-state index contributed by atoms with van der Waals surface area (Å²) in [7, 11) is 0. The molecule has 2 heterocycles. The number of carbonyl (C=O) groups excluding carboxylic acids is 9. The number of amides is 8. The smallest absolute Gasteiger partial charge is 0.326 e. The highest BCUT2D eigenvalue weighted by Gasteiger charge is 2.51. The van der Waals surface area contributed by atoms with E-state index in [-0.39, 0.29) is 121 Å². The Morgan fingerprint density at radius 3 is 1.32 bits per heavy atom. The second-order valence-corrected chi connectivity index (χ2v) is 25.4. The van der Waals surface area contributed by atoms with Crippen LogP contribution in [-0.2, 0) is 38.4 Å². The number of nitrogens with two attached hydrogens (primary N) is 1. The number of ether oxygens (including phenoxy) is 1. The second kappa shape index (κ2) is 28.9. The van der Waals surface area contributed by atoms with E-state index in [4.69, 9.17) is 10.5 Å². The predicted molar refractivity (Wildman–Crippen MR) is 336 cm³/mol. The van der Waals surface area contributed by atoms with E-state index in [1.807, 2.05) is 121 Å². The standard InChI is InChI=1S/C70H79N9O13/c71-26-14-13-23-56(70(90)91)73-63(83)45(38-80)27-46(81)33-72-62(82)39-92-61-28-44(68(88)78-34-52(64(84)74-57-29-48(57)40-15-5-1-6-16-40)53(35-78)65(85)75-58-30-49(58)41-17-7-2-8-18-41)24-25-47(61)69(89)79-36-54(66(86)76-59-31-50(59)42-19-9-3-10-20-42)55(37-79)67(87)77-60-32-51(60)43-21-11-4-12-22-43/h1-12,15-22,24-25,28,45,48-60,80H,13-14,23,26-27,29-39,71H2,(H,72,82)(H,73,83)(H,74,84)(H,75,85)(H,76,86)(H,77,87)(H,90,91)/t45-,48+,49+,50+,51+,52+,53+,54+,55+,56-,57-,58-,59-,60-/m0/s1. The van der Waals surface area contributed by atoms with E-state index < -0.39 is 97.2 Å². The Balaban J connectivity index is 0.818. The number of carbonyl (C=O) groups is 10. The number of nitrogens with one attached hydrogen (secondary N) is 6. The number of hydrogen-bond acceptors (Lipinski definition) is 13. The average molecular weight is 1250 g/mol. The maximum atomic E-state index is 15.1. The van der Waals surface area contributed by atoms with Crippen LogP contribution in [0.15, 0.2) is 140 Å². The number of aliphatic hydroxyl groups excluding tert-OH is 1. The first kappa shape index (κ1) is 64.3. The summed E-state index contributed by atoms with van der Waals surface area (Å²) in [5.74, 6) is -11.5. The van der Waals surface area contributed by atoms with Crippen LogP contribution >= 0.6 is 0 Å². The van der Waals surface area contributed by atoms with Crippen LogP contribution in [0.25, 0.3) is 0 Å². The molecule has 11 rings (SSSR count). The summed E-state index contributed by atoms with van der Waals surface area (Å²) >= 11 is 0. The van der Waals surface area contributed by atoms with Gasteiger partial charge in [0.2, 0.25) is 29.5 Å². The molecular weight excluding hydrogens is 1170 g/mol. The molecule has 92 heavy (non-hydrogen) atoms. The van der Waals surface area contributed by atoms with Gasteiger partial charge in [0.05, 0.1) is 48.3 Å². The van der Waals surface area contributed by atoms with Crippen LogP contribution in [0.3, 0.4) is 0 Å². The molecule has 5 aromatic carbocycles. The molecule has 6 aliphatic rings. The quantitative estimate of drug-likeness (QED) is 0.0310. The molecule has 0 bridgehead atoms. The summed E-state index contributed by atoms with van der Waals surface area (Å²) in [4.78, 5) is 142. The van der Waals surface area contributed by atoms with E-state index in [1.165, 1.54) is 28.0 Å². The normalized spacial score (nSPS) is 25.4. The van der Waals surface area contributed by atoms with Crippen LogP contribution in [0.4, 0.5) is 0 Å². The van der Waals surface area contributed by atoms with Crippen LogP contribution in [0.5, 0.6) is 5.75 Å². The van der Waals surface area contributed by atoms with Crippen molar-refractivity contribution < 1.29 is 62.9 Å². The highest BCUT2D eigenvalue weighted by atomic mass is 16.5. The zero-order chi connectivity index (χ0) is 64.6. The lowest BCUT2D eigenvalue weighted by Crippen LogP contribution is -2.45.